The number of amides is 2. The topological polar surface area (TPSA) is 104 Å². The third kappa shape index (κ3) is 3.19. The third-order valence-corrected chi connectivity index (χ3v) is 3.79. The maximum Gasteiger partial charge on any atom is 0.346 e. The Balaban J connectivity index is 2.17. The number of hydrogen-bond donors (Lipinski definition) is 3. The Kier molecular flexibility index (Phi) is 4.43. The van der Waals surface area contributed by atoms with Crippen molar-refractivity contribution in [3.8, 4) is 0 Å². The van der Waals surface area contributed by atoms with Crippen molar-refractivity contribution in [3.05, 3.63) is 21.7 Å². The standard InChI is InChI=1S/C12H16N4O3S/c1-6-9(11(20-2)16-12(19)14-6)10(18)15-7-3-4-8(17)13-5-7/h7H,3-5H2,1-2H3,(H,13,17)(H,15,18)(H,14,16,19). The second kappa shape index (κ2) is 6.08. The molecule has 2 rings (SSSR count). The van der Waals surface area contributed by atoms with Crippen molar-refractivity contribution < 1.29 is 9.59 Å². The Morgan fingerprint density at radius 3 is 2.80 bits per heavy atom. The zero-order valence-electron chi connectivity index (χ0n) is 11.3. The Labute approximate surface area is 119 Å². The number of rotatable bonds is 3. The molecule has 0 aliphatic carbocycles. The number of H-pyrrole nitrogens is 1. The van der Waals surface area contributed by atoms with Crippen LogP contribution in [-0.4, -0.2) is 40.6 Å². The minimum atomic E-state index is -0.465. The van der Waals surface area contributed by atoms with Gasteiger partial charge >= 0.3 is 5.69 Å². The molecule has 8 heteroatoms. The number of nitrogens with zero attached hydrogens (tertiary/aromatic N) is 1. The number of aromatic amines is 1. The van der Waals surface area contributed by atoms with E-state index in [2.05, 4.69) is 20.6 Å². The molecule has 2 heterocycles. The van der Waals surface area contributed by atoms with Gasteiger partial charge in [-0.3, -0.25) is 9.59 Å². The van der Waals surface area contributed by atoms with E-state index < -0.39 is 5.69 Å². The first-order chi connectivity index (χ1) is 9.51. The molecule has 0 radical (unpaired) electrons. The van der Waals surface area contributed by atoms with E-state index in [4.69, 9.17) is 0 Å². The minimum absolute atomic E-state index is 0.00203. The number of nitrogens with one attached hydrogen (secondary N) is 3. The van der Waals surface area contributed by atoms with Crippen LogP contribution in [0.25, 0.3) is 0 Å². The predicted molar refractivity (Wildman–Crippen MR) is 74.9 cm³/mol. The summed E-state index contributed by atoms with van der Waals surface area (Å²) < 4.78 is 0. The Bertz CT molecular complexity index is 589. The lowest BCUT2D eigenvalue weighted by molar-refractivity contribution is -0.122. The highest BCUT2D eigenvalue weighted by molar-refractivity contribution is 7.98. The normalized spacial score (nSPS) is 18.5. The lowest BCUT2D eigenvalue weighted by Crippen LogP contribution is -2.48. The van der Waals surface area contributed by atoms with E-state index in [0.29, 0.717) is 35.7 Å². The smallest absolute Gasteiger partial charge is 0.346 e. The SMILES string of the molecule is CSc1nc(=O)[nH]c(C)c1C(=O)NC1CCC(=O)NC1. The molecule has 1 aromatic rings. The van der Waals surface area contributed by atoms with E-state index in [1.807, 2.05) is 0 Å². The van der Waals surface area contributed by atoms with Crippen LogP contribution in [-0.2, 0) is 4.79 Å². The lowest BCUT2D eigenvalue weighted by Gasteiger charge is -2.24. The molecule has 2 amide bonds. The Morgan fingerprint density at radius 1 is 1.45 bits per heavy atom. The van der Waals surface area contributed by atoms with Gasteiger partial charge in [-0.1, -0.05) is 0 Å². The van der Waals surface area contributed by atoms with Crippen LogP contribution in [0.1, 0.15) is 28.9 Å². The Hall–Kier alpha value is -1.83. The first-order valence-electron chi connectivity index (χ1n) is 6.23. The van der Waals surface area contributed by atoms with Crippen molar-refractivity contribution in [2.75, 3.05) is 12.8 Å². The average Bonchev–Trinajstić information content (AvgIpc) is 2.40. The molecule has 1 atom stereocenters. The van der Waals surface area contributed by atoms with Gasteiger partial charge in [-0.25, -0.2) is 4.79 Å². The second-order valence-electron chi connectivity index (χ2n) is 4.56. The van der Waals surface area contributed by atoms with Gasteiger partial charge in [0.25, 0.3) is 5.91 Å². The summed E-state index contributed by atoms with van der Waals surface area (Å²) in [7, 11) is 0. The number of thioether (sulfide) groups is 1. The van der Waals surface area contributed by atoms with Crippen LogP contribution in [0.4, 0.5) is 0 Å². The van der Waals surface area contributed by atoms with E-state index >= 15 is 0 Å². The van der Waals surface area contributed by atoms with Crippen LogP contribution in [0, 0.1) is 6.92 Å². The van der Waals surface area contributed by atoms with Gasteiger partial charge in [0.15, 0.2) is 0 Å². The first-order valence-corrected chi connectivity index (χ1v) is 7.46. The van der Waals surface area contributed by atoms with Gasteiger partial charge in [-0.2, -0.15) is 4.98 Å². The van der Waals surface area contributed by atoms with Crippen LogP contribution in [0.3, 0.4) is 0 Å². The maximum atomic E-state index is 12.3. The summed E-state index contributed by atoms with van der Waals surface area (Å²) >= 11 is 1.25. The van der Waals surface area contributed by atoms with Crippen molar-refractivity contribution in [2.24, 2.45) is 0 Å². The molecule has 1 aliphatic rings. The highest BCUT2D eigenvalue weighted by atomic mass is 32.2. The van der Waals surface area contributed by atoms with Gasteiger partial charge in [0.05, 0.1) is 5.56 Å². The molecule has 1 aliphatic heterocycles. The molecular weight excluding hydrogens is 280 g/mol. The summed E-state index contributed by atoms with van der Waals surface area (Å²) in [5.41, 5.74) is 0.411. The quantitative estimate of drug-likeness (QED) is 0.530. The fourth-order valence-corrected chi connectivity index (χ4v) is 2.71. The second-order valence-corrected chi connectivity index (χ2v) is 5.36. The van der Waals surface area contributed by atoms with Gasteiger partial charge < -0.3 is 15.6 Å². The monoisotopic (exact) mass is 296 g/mol. The summed E-state index contributed by atoms with van der Waals surface area (Å²) in [5.74, 6) is -0.279. The fraction of sp³-hybridized carbons (Fsp3) is 0.500. The van der Waals surface area contributed by atoms with Crippen molar-refractivity contribution in [1.82, 2.24) is 20.6 Å². The number of piperidine rings is 1. The lowest BCUT2D eigenvalue weighted by atomic mass is 10.1. The molecule has 108 valence electrons. The van der Waals surface area contributed by atoms with E-state index in [1.165, 1.54) is 11.8 Å². The van der Waals surface area contributed by atoms with Crippen LogP contribution in [0.15, 0.2) is 9.82 Å². The number of aromatic nitrogens is 2. The van der Waals surface area contributed by atoms with E-state index in [-0.39, 0.29) is 17.9 Å². The van der Waals surface area contributed by atoms with Crippen LogP contribution >= 0.6 is 11.8 Å². The number of hydrogen-bond acceptors (Lipinski definition) is 5. The summed E-state index contributed by atoms with van der Waals surface area (Å²) in [5, 5.41) is 5.98. The van der Waals surface area contributed by atoms with Crippen LogP contribution in [0.5, 0.6) is 0 Å². The van der Waals surface area contributed by atoms with Crippen LogP contribution in [0.2, 0.25) is 0 Å². The highest BCUT2D eigenvalue weighted by Crippen LogP contribution is 2.18. The van der Waals surface area contributed by atoms with E-state index in [0.717, 1.165) is 0 Å². The van der Waals surface area contributed by atoms with Crippen LogP contribution < -0.4 is 16.3 Å². The number of carbonyl (C=O) groups is 2. The number of carbonyl (C=O) groups excluding carboxylic acids is 2. The summed E-state index contributed by atoms with van der Waals surface area (Å²) in [6.45, 7) is 2.09. The summed E-state index contributed by atoms with van der Waals surface area (Å²) in [6.07, 6.45) is 2.78. The summed E-state index contributed by atoms with van der Waals surface area (Å²) in [6, 6.07) is -0.0961. The maximum absolute atomic E-state index is 12.3. The van der Waals surface area contributed by atoms with Gasteiger partial charge in [-0.15, -0.1) is 11.8 Å². The van der Waals surface area contributed by atoms with E-state index in [9.17, 15) is 14.4 Å². The highest BCUT2D eigenvalue weighted by Gasteiger charge is 2.23. The molecular formula is C12H16N4O3S. The van der Waals surface area contributed by atoms with Gasteiger partial charge in [0.2, 0.25) is 5.91 Å². The van der Waals surface area contributed by atoms with Crippen molar-refractivity contribution >= 4 is 23.6 Å². The fourth-order valence-electron chi connectivity index (χ4n) is 2.09. The molecule has 0 aromatic carbocycles. The summed E-state index contributed by atoms with van der Waals surface area (Å²) in [4.78, 5) is 41.0. The molecule has 7 nitrogen and oxygen atoms in total. The molecule has 1 saturated heterocycles. The third-order valence-electron chi connectivity index (χ3n) is 3.11. The number of aryl methyl sites for hydroxylation is 1. The molecule has 3 N–H and O–H groups in total. The largest absolute Gasteiger partial charge is 0.354 e. The van der Waals surface area contributed by atoms with Gasteiger partial charge in [-0.05, 0) is 19.6 Å². The van der Waals surface area contributed by atoms with Gasteiger partial charge in [0.1, 0.15) is 5.03 Å². The van der Waals surface area contributed by atoms with E-state index in [1.54, 1.807) is 13.2 Å². The molecule has 1 aromatic heterocycles. The molecule has 1 unspecified atom stereocenters. The van der Waals surface area contributed by atoms with Crippen molar-refractivity contribution in [2.45, 2.75) is 30.8 Å². The molecule has 0 bridgehead atoms. The molecule has 1 fully saturated rings. The van der Waals surface area contributed by atoms with Crippen molar-refractivity contribution in [1.29, 1.82) is 0 Å². The zero-order valence-corrected chi connectivity index (χ0v) is 12.1. The van der Waals surface area contributed by atoms with Crippen molar-refractivity contribution in [3.63, 3.8) is 0 Å². The molecule has 20 heavy (non-hydrogen) atoms. The Morgan fingerprint density at radius 2 is 2.20 bits per heavy atom. The molecule has 0 saturated carbocycles. The predicted octanol–water partition coefficient (Wildman–Crippen LogP) is -0.191. The molecule has 0 spiro atoms. The zero-order chi connectivity index (χ0) is 14.7. The average molecular weight is 296 g/mol. The first kappa shape index (κ1) is 14.6. The minimum Gasteiger partial charge on any atom is -0.354 e. The van der Waals surface area contributed by atoms with Gasteiger partial charge in [0, 0.05) is 24.7 Å².